The van der Waals surface area contributed by atoms with Crippen LogP contribution in [-0.4, -0.2) is 25.2 Å². The first kappa shape index (κ1) is 19.1. The van der Waals surface area contributed by atoms with Gasteiger partial charge in [0.05, 0.1) is 25.4 Å². The van der Waals surface area contributed by atoms with Crippen LogP contribution in [0.3, 0.4) is 0 Å². The molecule has 0 aromatic heterocycles. The topological polar surface area (TPSA) is 61.8 Å². The monoisotopic (exact) mass is 368 g/mol. The third kappa shape index (κ3) is 4.03. The maximum Gasteiger partial charge on any atom is 0.312 e. The van der Waals surface area contributed by atoms with E-state index in [1.807, 2.05) is 60.7 Å². The van der Waals surface area contributed by atoms with Gasteiger partial charge in [-0.1, -0.05) is 60.7 Å². The predicted molar refractivity (Wildman–Crippen MR) is 99.7 cm³/mol. The zero-order chi connectivity index (χ0) is 19.2. The quantitative estimate of drug-likeness (QED) is 0.725. The fraction of sp³-hybridized carbons (Fsp3) is 0.364. The summed E-state index contributed by atoms with van der Waals surface area (Å²) in [6.07, 6.45) is -1.16. The molecule has 5 heteroatoms. The van der Waals surface area contributed by atoms with E-state index in [4.69, 9.17) is 14.2 Å². The van der Waals surface area contributed by atoms with Crippen molar-refractivity contribution in [2.24, 2.45) is 11.8 Å². The second-order valence-corrected chi connectivity index (χ2v) is 6.35. The molecule has 3 rings (SSSR count). The third-order valence-electron chi connectivity index (χ3n) is 4.71. The van der Waals surface area contributed by atoms with Crippen LogP contribution in [-0.2, 0) is 23.8 Å². The molecule has 1 aliphatic heterocycles. The molecule has 1 saturated heterocycles. The molecule has 27 heavy (non-hydrogen) atoms. The standard InChI is InChI=1S/C22H24O5/c1-3-25-21(23)17-18(22(24)26-4-2)20(16-13-9-6-10-14-16)27-19(17)15-11-7-5-8-12-15/h5-14,17-20H,3-4H2,1-2H3/t17-,18+,19-,20+. The minimum Gasteiger partial charge on any atom is -0.466 e. The lowest BCUT2D eigenvalue weighted by molar-refractivity contribution is -0.159. The van der Waals surface area contributed by atoms with E-state index in [0.29, 0.717) is 0 Å². The average molecular weight is 368 g/mol. The highest BCUT2D eigenvalue weighted by molar-refractivity contribution is 5.84. The Bertz CT molecular complexity index is 693. The van der Waals surface area contributed by atoms with E-state index in [1.54, 1.807) is 13.8 Å². The SMILES string of the molecule is CCOC(=O)[C@@H]1[C@H](C(=O)OCC)[C@H](c2ccccc2)O[C@@H]1c1ccccc1. The molecule has 2 aromatic carbocycles. The molecule has 0 aliphatic carbocycles. The van der Waals surface area contributed by atoms with Crippen molar-refractivity contribution in [3.8, 4) is 0 Å². The molecule has 0 N–H and O–H groups in total. The van der Waals surface area contributed by atoms with Crippen LogP contribution in [0, 0.1) is 11.8 Å². The molecule has 0 amide bonds. The summed E-state index contributed by atoms with van der Waals surface area (Å²) in [5, 5.41) is 0. The number of hydrogen-bond donors (Lipinski definition) is 0. The average Bonchev–Trinajstić information content (AvgIpc) is 3.10. The van der Waals surface area contributed by atoms with E-state index in [1.165, 1.54) is 0 Å². The Balaban J connectivity index is 2.06. The van der Waals surface area contributed by atoms with E-state index >= 15 is 0 Å². The fourth-order valence-electron chi connectivity index (χ4n) is 3.58. The lowest BCUT2D eigenvalue weighted by Gasteiger charge is -2.21. The van der Waals surface area contributed by atoms with Crippen LogP contribution >= 0.6 is 0 Å². The minimum atomic E-state index is -0.767. The van der Waals surface area contributed by atoms with E-state index in [0.717, 1.165) is 11.1 Å². The highest BCUT2D eigenvalue weighted by Gasteiger charge is 2.54. The summed E-state index contributed by atoms with van der Waals surface area (Å²) >= 11 is 0. The van der Waals surface area contributed by atoms with Gasteiger partial charge in [-0.2, -0.15) is 0 Å². The lowest BCUT2D eigenvalue weighted by atomic mass is 9.82. The van der Waals surface area contributed by atoms with Crippen molar-refractivity contribution in [2.75, 3.05) is 13.2 Å². The molecular weight excluding hydrogens is 344 g/mol. The Morgan fingerprint density at radius 2 is 1.11 bits per heavy atom. The Morgan fingerprint density at radius 1 is 0.741 bits per heavy atom. The van der Waals surface area contributed by atoms with Gasteiger partial charge in [0.15, 0.2) is 0 Å². The summed E-state index contributed by atoms with van der Waals surface area (Å²) in [6.45, 7) is 3.98. The smallest absolute Gasteiger partial charge is 0.312 e. The van der Waals surface area contributed by atoms with Gasteiger partial charge in [-0.25, -0.2) is 0 Å². The van der Waals surface area contributed by atoms with Gasteiger partial charge in [-0.15, -0.1) is 0 Å². The highest BCUT2D eigenvalue weighted by Crippen LogP contribution is 2.50. The summed E-state index contributed by atoms with van der Waals surface area (Å²) < 4.78 is 16.9. The zero-order valence-corrected chi connectivity index (χ0v) is 15.5. The molecule has 1 heterocycles. The van der Waals surface area contributed by atoms with Crippen molar-refractivity contribution < 1.29 is 23.8 Å². The maximum absolute atomic E-state index is 12.8. The fourth-order valence-corrected chi connectivity index (χ4v) is 3.58. The Hall–Kier alpha value is -2.66. The van der Waals surface area contributed by atoms with Crippen LogP contribution in [0.5, 0.6) is 0 Å². The van der Waals surface area contributed by atoms with Crippen molar-refractivity contribution in [3.63, 3.8) is 0 Å². The van der Waals surface area contributed by atoms with Crippen molar-refractivity contribution in [3.05, 3.63) is 71.8 Å². The molecule has 0 unspecified atom stereocenters. The first-order chi connectivity index (χ1) is 13.2. The number of ether oxygens (including phenoxy) is 3. The van der Waals surface area contributed by atoms with Crippen LogP contribution in [0.25, 0.3) is 0 Å². The third-order valence-corrected chi connectivity index (χ3v) is 4.71. The van der Waals surface area contributed by atoms with E-state index in [-0.39, 0.29) is 13.2 Å². The van der Waals surface area contributed by atoms with Gasteiger partial charge in [-0.3, -0.25) is 9.59 Å². The molecule has 0 spiro atoms. The Kier molecular flexibility index (Phi) is 6.24. The Labute approximate surface area is 159 Å². The molecule has 1 fully saturated rings. The van der Waals surface area contributed by atoms with Crippen LogP contribution in [0.4, 0.5) is 0 Å². The van der Waals surface area contributed by atoms with Crippen molar-refractivity contribution in [1.29, 1.82) is 0 Å². The van der Waals surface area contributed by atoms with Gasteiger partial charge in [0.2, 0.25) is 0 Å². The molecule has 2 aromatic rings. The number of carbonyl (C=O) groups is 2. The molecule has 0 radical (unpaired) electrons. The summed E-state index contributed by atoms with van der Waals surface area (Å²) in [4.78, 5) is 25.6. The summed E-state index contributed by atoms with van der Waals surface area (Å²) in [5.41, 5.74) is 1.67. The molecule has 142 valence electrons. The Morgan fingerprint density at radius 3 is 1.44 bits per heavy atom. The van der Waals surface area contributed by atoms with E-state index < -0.39 is 36.0 Å². The number of hydrogen-bond acceptors (Lipinski definition) is 5. The number of esters is 2. The number of rotatable bonds is 6. The van der Waals surface area contributed by atoms with Crippen molar-refractivity contribution in [2.45, 2.75) is 26.1 Å². The van der Waals surface area contributed by atoms with Gasteiger partial charge >= 0.3 is 11.9 Å². The van der Waals surface area contributed by atoms with Gasteiger partial charge in [-0.05, 0) is 25.0 Å². The molecular formula is C22H24O5. The second kappa shape index (κ2) is 8.82. The van der Waals surface area contributed by atoms with Crippen molar-refractivity contribution >= 4 is 11.9 Å². The first-order valence-corrected chi connectivity index (χ1v) is 9.26. The lowest BCUT2D eigenvalue weighted by Crippen LogP contribution is -2.33. The van der Waals surface area contributed by atoms with Crippen LogP contribution in [0.2, 0.25) is 0 Å². The summed E-state index contributed by atoms with van der Waals surface area (Å²) in [7, 11) is 0. The maximum atomic E-state index is 12.8. The van der Waals surface area contributed by atoms with Gasteiger partial charge < -0.3 is 14.2 Å². The molecule has 0 saturated carbocycles. The number of benzene rings is 2. The summed E-state index contributed by atoms with van der Waals surface area (Å²) in [5.74, 6) is -2.42. The van der Waals surface area contributed by atoms with Crippen LogP contribution in [0.1, 0.15) is 37.2 Å². The molecule has 5 nitrogen and oxygen atoms in total. The minimum absolute atomic E-state index is 0.238. The van der Waals surface area contributed by atoms with E-state index in [2.05, 4.69) is 0 Å². The molecule has 4 atom stereocenters. The van der Waals surface area contributed by atoms with E-state index in [9.17, 15) is 9.59 Å². The molecule has 0 bridgehead atoms. The summed E-state index contributed by atoms with van der Waals surface area (Å²) in [6, 6.07) is 18.9. The van der Waals surface area contributed by atoms with Crippen LogP contribution < -0.4 is 0 Å². The second-order valence-electron chi connectivity index (χ2n) is 6.35. The largest absolute Gasteiger partial charge is 0.466 e. The van der Waals surface area contributed by atoms with Gasteiger partial charge in [0, 0.05) is 0 Å². The predicted octanol–water partition coefficient (Wildman–Crippen LogP) is 3.86. The molecule has 1 aliphatic rings. The number of carbonyl (C=O) groups excluding carboxylic acids is 2. The highest BCUT2D eigenvalue weighted by atomic mass is 16.6. The zero-order valence-electron chi connectivity index (χ0n) is 15.5. The normalized spacial score (nSPS) is 24.4. The van der Waals surface area contributed by atoms with Gasteiger partial charge in [0.25, 0.3) is 0 Å². The van der Waals surface area contributed by atoms with Crippen LogP contribution in [0.15, 0.2) is 60.7 Å². The van der Waals surface area contributed by atoms with Gasteiger partial charge in [0.1, 0.15) is 11.8 Å². The first-order valence-electron chi connectivity index (χ1n) is 9.26. The van der Waals surface area contributed by atoms with Crippen molar-refractivity contribution in [1.82, 2.24) is 0 Å².